The standard InChI is InChI=1S/C23H30FN7/c1-17(2)31-23(25-26-27-31)22(18-5-9-20(10-6-18)28(3)4)30-15-13-29(14-16-30)21-11-7-19(24)8-12-21/h5-12,17,22H,13-16H2,1-4H3/t22-/m1/s1. The van der Waals surface area contributed by atoms with E-state index in [0.717, 1.165) is 43.4 Å². The third-order valence-electron chi connectivity index (χ3n) is 5.85. The summed E-state index contributed by atoms with van der Waals surface area (Å²) in [7, 11) is 4.08. The number of anilines is 2. The Balaban J connectivity index is 1.60. The van der Waals surface area contributed by atoms with Crippen molar-refractivity contribution in [3.63, 3.8) is 0 Å². The van der Waals surface area contributed by atoms with E-state index in [1.807, 2.05) is 30.9 Å². The topological polar surface area (TPSA) is 53.3 Å². The van der Waals surface area contributed by atoms with Gasteiger partial charge in [-0.15, -0.1) is 5.10 Å². The quantitative estimate of drug-likeness (QED) is 0.606. The molecule has 0 bridgehead atoms. The molecule has 1 atom stereocenters. The van der Waals surface area contributed by atoms with Crippen LogP contribution in [0.5, 0.6) is 0 Å². The van der Waals surface area contributed by atoms with Gasteiger partial charge >= 0.3 is 0 Å². The molecular formula is C23H30FN7. The monoisotopic (exact) mass is 423 g/mol. The molecule has 0 saturated carbocycles. The number of benzene rings is 2. The number of aromatic nitrogens is 4. The second-order valence-electron chi connectivity index (χ2n) is 8.46. The van der Waals surface area contributed by atoms with Crippen LogP contribution in [0.25, 0.3) is 0 Å². The van der Waals surface area contributed by atoms with Gasteiger partial charge in [-0.1, -0.05) is 12.1 Å². The van der Waals surface area contributed by atoms with E-state index in [2.05, 4.69) is 68.3 Å². The molecule has 0 amide bonds. The van der Waals surface area contributed by atoms with Crippen molar-refractivity contribution in [2.75, 3.05) is 50.1 Å². The van der Waals surface area contributed by atoms with Gasteiger partial charge in [-0.25, -0.2) is 9.07 Å². The zero-order valence-corrected chi connectivity index (χ0v) is 18.6. The third kappa shape index (κ3) is 4.54. The molecule has 3 aromatic rings. The minimum atomic E-state index is -0.204. The van der Waals surface area contributed by atoms with Crippen LogP contribution in [-0.4, -0.2) is 65.4 Å². The Morgan fingerprint density at radius 3 is 2.13 bits per heavy atom. The van der Waals surface area contributed by atoms with Crippen LogP contribution in [0, 0.1) is 5.82 Å². The SMILES string of the molecule is CC(C)n1nnnc1[C@@H](c1ccc(N(C)C)cc1)N1CCN(c2ccc(F)cc2)CC1. The Labute approximate surface area is 183 Å². The van der Waals surface area contributed by atoms with Crippen molar-refractivity contribution in [1.29, 1.82) is 0 Å². The van der Waals surface area contributed by atoms with Crippen LogP contribution < -0.4 is 9.80 Å². The van der Waals surface area contributed by atoms with Gasteiger partial charge in [0.2, 0.25) is 0 Å². The summed E-state index contributed by atoms with van der Waals surface area (Å²) < 4.78 is 15.2. The zero-order valence-electron chi connectivity index (χ0n) is 18.6. The van der Waals surface area contributed by atoms with Gasteiger partial charge in [0, 0.05) is 51.6 Å². The Morgan fingerprint density at radius 2 is 1.55 bits per heavy atom. The number of tetrazole rings is 1. The normalized spacial score (nSPS) is 16.0. The van der Waals surface area contributed by atoms with Gasteiger partial charge in [0.15, 0.2) is 5.82 Å². The van der Waals surface area contributed by atoms with Crippen LogP contribution in [0.15, 0.2) is 48.5 Å². The molecule has 164 valence electrons. The first-order valence-corrected chi connectivity index (χ1v) is 10.7. The lowest BCUT2D eigenvalue weighted by Gasteiger charge is -2.40. The minimum Gasteiger partial charge on any atom is -0.378 e. The summed E-state index contributed by atoms with van der Waals surface area (Å²) >= 11 is 0. The second kappa shape index (κ2) is 9.01. The number of rotatable bonds is 6. The maximum Gasteiger partial charge on any atom is 0.173 e. The zero-order chi connectivity index (χ0) is 22.0. The fourth-order valence-electron chi connectivity index (χ4n) is 4.12. The van der Waals surface area contributed by atoms with Gasteiger partial charge in [0.1, 0.15) is 5.82 Å². The molecule has 7 nitrogen and oxygen atoms in total. The van der Waals surface area contributed by atoms with Crippen LogP contribution >= 0.6 is 0 Å². The summed E-state index contributed by atoms with van der Waals surface area (Å²) in [5, 5.41) is 12.7. The molecule has 2 heterocycles. The highest BCUT2D eigenvalue weighted by molar-refractivity contribution is 5.48. The molecule has 8 heteroatoms. The molecule has 0 radical (unpaired) electrons. The van der Waals surface area contributed by atoms with E-state index in [-0.39, 0.29) is 17.9 Å². The van der Waals surface area contributed by atoms with Crippen LogP contribution in [0.1, 0.15) is 37.3 Å². The number of nitrogens with zero attached hydrogens (tertiary/aromatic N) is 7. The lowest BCUT2D eigenvalue weighted by molar-refractivity contribution is 0.199. The predicted molar refractivity (Wildman–Crippen MR) is 121 cm³/mol. The van der Waals surface area contributed by atoms with Gasteiger partial charge < -0.3 is 9.80 Å². The number of hydrogen-bond donors (Lipinski definition) is 0. The molecule has 4 rings (SSSR count). The molecule has 1 saturated heterocycles. The molecule has 1 fully saturated rings. The highest BCUT2D eigenvalue weighted by Gasteiger charge is 2.31. The summed E-state index contributed by atoms with van der Waals surface area (Å²) in [6.07, 6.45) is 0. The average molecular weight is 424 g/mol. The van der Waals surface area contributed by atoms with Crippen LogP contribution in [-0.2, 0) is 0 Å². The Bertz CT molecular complexity index is 974. The van der Waals surface area contributed by atoms with E-state index in [4.69, 9.17) is 0 Å². The van der Waals surface area contributed by atoms with E-state index in [9.17, 15) is 4.39 Å². The minimum absolute atomic E-state index is 0.0241. The maximum atomic E-state index is 13.3. The Hall–Kier alpha value is -3.00. The van der Waals surface area contributed by atoms with Crippen molar-refractivity contribution in [2.45, 2.75) is 25.9 Å². The smallest absolute Gasteiger partial charge is 0.173 e. The first-order valence-electron chi connectivity index (χ1n) is 10.7. The maximum absolute atomic E-state index is 13.3. The fraction of sp³-hybridized carbons (Fsp3) is 0.435. The number of halogens is 1. The number of hydrogen-bond acceptors (Lipinski definition) is 6. The molecule has 0 spiro atoms. The lowest BCUT2D eigenvalue weighted by atomic mass is 10.0. The van der Waals surface area contributed by atoms with Crippen molar-refractivity contribution in [1.82, 2.24) is 25.1 Å². The molecule has 1 aliphatic heterocycles. The van der Waals surface area contributed by atoms with Gasteiger partial charge in [-0.2, -0.15) is 0 Å². The van der Waals surface area contributed by atoms with Crippen molar-refractivity contribution in [3.8, 4) is 0 Å². The van der Waals surface area contributed by atoms with Crippen molar-refractivity contribution >= 4 is 11.4 Å². The summed E-state index contributed by atoms with van der Waals surface area (Å²) in [6, 6.07) is 15.5. The van der Waals surface area contributed by atoms with E-state index in [0.29, 0.717) is 0 Å². The highest BCUT2D eigenvalue weighted by atomic mass is 19.1. The summed E-state index contributed by atoms with van der Waals surface area (Å²) in [4.78, 5) is 6.83. The van der Waals surface area contributed by atoms with E-state index in [1.54, 1.807) is 0 Å². The van der Waals surface area contributed by atoms with Gasteiger partial charge in [-0.3, -0.25) is 4.90 Å². The highest BCUT2D eigenvalue weighted by Crippen LogP contribution is 2.31. The number of piperazine rings is 1. The third-order valence-corrected chi connectivity index (χ3v) is 5.85. The molecule has 31 heavy (non-hydrogen) atoms. The van der Waals surface area contributed by atoms with Crippen molar-refractivity contribution < 1.29 is 4.39 Å². The van der Waals surface area contributed by atoms with Crippen LogP contribution in [0.2, 0.25) is 0 Å². The largest absolute Gasteiger partial charge is 0.378 e. The van der Waals surface area contributed by atoms with Crippen LogP contribution in [0.3, 0.4) is 0 Å². The molecule has 0 N–H and O–H groups in total. The van der Waals surface area contributed by atoms with E-state index in [1.165, 1.54) is 17.7 Å². The fourth-order valence-corrected chi connectivity index (χ4v) is 4.12. The molecule has 1 aliphatic rings. The lowest BCUT2D eigenvalue weighted by Crippen LogP contribution is -2.48. The van der Waals surface area contributed by atoms with E-state index < -0.39 is 0 Å². The summed E-state index contributed by atoms with van der Waals surface area (Å²) in [6.45, 7) is 7.64. The van der Waals surface area contributed by atoms with Gasteiger partial charge in [-0.05, 0) is 66.2 Å². The molecule has 1 aromatic heterocycles. The van der Waals surface area contributed by atoms with Gasteiger partial charge in [0.25, 0.3) is 0 Å². The first kappa shape index (κ1) is 21.2. The summed E-state index contributed by atoms with van der Waals surface area (Å²) in [5.41, 5.74) is 3.39. The first-order chi connectivity index (χ1) is 14.9. The molecule has 0 unspecified atom stereocenters. The van der Waals surface area contributed by atoms with Gasteiger partial charge in [0.05, 0.1) is 12.1 Å². The predicted octanol–water partition coefficient (Wildman–Crippen LogP) is 3.37. The summed E-state index contributed by atoms with van der Waals surface area (Å²) in [5.74, 6) is 0.659. The Kier molecular flexibility index (Phi) is 6.18. The molecular weight excluding hydrogens is 393 g/mol. The molecule has 2 aromatic carbocycles. The van der Waals surface area contributed by atoms with Crippen LogP contribution in [0.4, 0.5) is 15.8 Å². The average Bonchev–Trinajstić information content (AvgIpc) is 3.25. The van der Waals surface area contributed by atoms with E-state index >= 15 is 0 Å². The van der Waals surface area contributed by atoms with Crippen molar-refractivity contribution in [2.24, 2.45) is 0 Å². The second-order valence-corrected chi connectivity index (χ2v) is 8.46. The van der Waals surface area contributed by atoms with Crippen molar-refractivity contribution in [3.05, 3.63) is 65.7 Å². The Morgan fingerprint density at radius 1 is 0.903 bits per heavy atom. The molecule has 0 aliphatic carbocycles.